The minimum atomic E-state index is -0.913. The van der Waals surface area contributed by atoms with E-state index in [9.17, 15) is 19.2 Å². The van der Waals surface area contributed by atoms with Crippen molar-refractivity contribution in [3.05, 3.63) is 40.0 Å². The van der Waals surface area contributed by atoms with Crippen LogP contribution in [0.3, 0.4) is 0 Å². The summed E-state index contributed by atoms with van der Waals surface area (Å²) in [5, 5.41) is 0. The van der Waals surface area contributed by atoms with Gasteiger partial charge in [-0.3, -0.25) is 4.79 Å². The van der Waals surface area contributed by atoms with E-state index in [0.717, 1.165) is 0 Å². The van der Waals surface area contributed by atoms with Crippen LogP contribution in [0.2, 0.25) is 0 Å². The number of benzene rings is 1. The summed E-state index contributed by atoms with van der Waals surface area (Å²) in [5.74, 6) is -4.12. The summed E-state index contributed by atoms with van der Waals surface area (Å²) >= 11 is 0. The van der Waals surface area contributed by atoms with Gasteiger partial charge in [0.1, 0.15) is 5.92 Å². The molecule has 2 heterocycles. The van der Waals surface area contributed by atoms with Crippen molar-refractivity contribution in [1.82, 2.24) is 0 Å². The lowest BCUT2D eigenvalue weighted by Crippen LogP contribution is -2.43. The van der Waals surface area contributed by atoms with E-state index >= 15 is 0 Å². The van der Waals surface area contributed by atoms with E-state index in [1.54, 1.807) is 6.92 Å². The molecule has 0 aromatic heterocycles. The first kappa shape index (κ1) is 12.9. The number of esters is 4. The minimum Gasteiger partial charge on any atom is -0.389 e. The average Bonchev–Trinajstić information content (AvgIpc) is 2.43. The molecule has 3 aliphatic rings. The fraction of sp³-hybridized carbons (Fsp3) is 0.200. The van der Waals surface area contributed by atoms with Crippen molar-refractivity contribution < 1.29 is 28.7 Å². The number of hydrogen-bond acceptors (Lipinski definition) is 7. The van der Waals surface area contributed by atoms with E-state index in [1.165, 1.54) is 12.1 Å². The first-order valence-corrected chi connectivity index (χ1v) is 6.58. The van der Waals surface area contributed by atoms with Gasteiger partial charge in [-0.15, -0.1) is 0 Å². The zero-order valence-electron chi connectivity index (χ0n) is 11.3. The summed E-state index contributed by atoms with van der Waals surface area (Å²) in [6, 6.07) is 0.626. The van der Waals surface area contributed by atoms with Crippen molar-refractivity contribution in [3.63, 3.8) is 0 Å². The van der Waals surface area contributed by atoms with Crippen LogP contribution in [-0.2, 0) is 19.1 Å². The van der Waals surface area contributed by atoms with Crippen LogP contribution in [0.15, 0.2) is 12.1 Å². The average molecular weight is 299 g/mol. The molecular formula is C15H9NO6. The van der Waals surface area contributed by atoms with Gasteiger partial charge in [-0.25, -0.2) is 14.4 Å². The Labute approximate surface area is 123 Å². The van der Waals surface area contributed by atoms with Crippen LogP contribution in [0, 0.1) is 6.92 Å². The standard InChI is InChI=1S/C15H9NO6/c1-4-2-5-10-9-6(13(18)21-14(19)8(4)9)3-7(16)11(10)15(20)22-12(5)17/h2-3,7,11H,16H2,1H3/t7-,11-/m0/s1. The largest absolute Gasteiger partial charge is 0.389 e. The summed E-state index contributed by atoms with van der Waals surface area (Å²) in [5.41, 5.74) is 7.42. The van der Waals surface area contributed by atoms with E-state index in [-0.39, 0.29) is 27.8 Å². The van der Waals surface area contributed by atoms with Crippen molar-refractivity contribution in [1.29, 1.82) is 0 Å². The molecule has 0 bridgehead atoms. The molecule has 2 atom stereocenters. The molecule has 2 aliphatic heterocycles. The van der Waals surface area contributed by atoms with Crippen molar-refractivity contribution in [2.75, 3.05) is 0 Å². The molecule has 0 spiro atoms. The Balaban J connectivity index is 2.18. The molecule has 22 heavy (non-hydrogen) atoms. The van der Waals surface area contributed by atoms with E-state index in [1.807, 2.05) is 0 Å². The highest BCUT2D eigenvalue weighted by atomic mass is 16.6. The summed E-state index contributed by atoms with van der Waals surface area (Å²) in [6.45, 7) is 1.62. The van der Waals surface area contributed by atoms with E-state index in [2.05, 4.69) is 0 Å². The maximum Gasteiger partial charge on any atom is 0.346 e. The molecule has 0 saturated heterocycles. The van der Waals surface area contributed by atoms with Gasteiger partial charge in [0.15, 0.2) is 0 Å². The van der Waals surface area contributed by atoms with Crippen molar-refractivity contribution >= 4 is 29.5 Å². The fourth-order valence-corrected chi connectivity index (χ4v) is 3.28. The second kappa shape index (κ2) is 3.89. The molecule has 1 aromatic rings. The van der Waals surface area contributed by atoms with Crippen LogP contribution >= 0.6 is 0 Å². The van der Waals surface area contributed by atoms with Gasteiger partial charge >= 0.3 is 23.9 Å². The predicted molar refractivity (Wildman–Crippen MR) is 70.7 cm³/mol. The predicted octanol–water partition coefficient (Wildman–Crippen LogP) is 0.197. The topological polar surface area (TPSA) is 113 Å². The minimum absolute atomic E-state index is 0.112. The van der Waals surface area contributed by atoms with Crippen LogP contribution in [0.25, 0.3) is 5.57 Å². The number of cyclic esters (lactones) is 4. The SMILES string of the molecule is Cc1cc2c3c4c1C(=O)OC(=O)C4=C[C@H](N)[C@@H]3C(=O)OC2=O. The molecule has 4 rings (SSSR count). The number of hydrogen-bond donors (Lipinski definition) is 1. The van der Waals surface area contributed by atoms with Crippen LogP contribution in [0.5, 0.6) is 0 Å². The lowest BCUT2D eigenvalue weighted by atomic mass is 9.73. The molecule has 7 heteroatoms. The summed E-state index contributed by atoms with van der Waals surface area (Å²) in [7, 11) is 0. The Morgan fingerprint density at radius 1 is 1.00 bits per heavy atom. The van der Waals surface area contributed by atoms with Crippen LogP contribution in [0.1, 0.15) is 43.3 Å². The highest BCUT2D eigenvalue weighted by molar-refractivity contribution is 6.28. The maximum atomic E-state index is 12.0. The van der Waals surface area contributed by atoms with Crippen molar-refractivity contribution in [3.8, 4) is 0 Å². The molecule has 0 unspecified atom stereocenters. The third-order valence-corrected chi connectivity index (χ3v) is 4.17. The van der Waals surface area contributed by atoms with Gasteiger partial charge in [0.2, 0.25) is 0 Å². The molecule has 7 nitrogen and oxygen atoms in total. The van der Waals surface area contributed by atoms with Crippen molar-refractivity contribution in [2.45, 2.75) is 18.9 Å². The molecule has 110 valence electrons. The molecule has 0 amide bonds. The van der Waals surface area contributed by atoms with Crippen LogP contribution < -0.4 is 5.73 Å². The number of carbonyl (C=O) groups excluding carboxylic acids is 4. The number of ether oxygens (including phenoxy) is 2. The molecule has 1 aliphatic carbocycles. The smallest absolute Gasteiger partial charge is 0.346 e. The first-order valence-electron chi connectivity index (χ1n) is 6.58. The van der Waals surface area contributed by atoms with Gasteiger partial charge in [-0.05, 0) is 24.1 Å². The molecular weight excluding hydrogens is 290 g/mol. The first-order chi connectivity index (χ1) is 10.4. The number of aryl methyl sites for hydroxylation is 1. The van der Waals surface area contributed by atoms with Gasteiger partial charge in [-0.2, -0.15) is 0 Å². The Hall–Kier alpha value is -2.80. The van der Waals surface area contributed by atoms with E-state index in [4.69, 9.17) is 15.2 Å². The van der Waals surface area contributed by atoms with Gasteiger partial charge < -0.3 is 15.2 Å². The molecule has 0 fully saturated rings. The maximum absolute atomic E-state index is 12.0. The number of nitrogens with two attached hydrogens (primary N) is 1. The third kappa shape index (κ3) is 1.38. The molecule has 2 N–H and O–H groups in total. The Morgan fingerprint density at radius 2 is 1.73 bits per heavy atom. The third-order valence-electron chi connectivity index (χ3n) is 4.17. The van der Waals surface area contributed by atoms with Gasteiger partial charge in [0, 0.05) is 11.6 Å². The molecule has 1 aromatic carbocycles. The van der Waals surface area contributed by atoms with E-state index in [0.29, 0.717) is 5.56 Å². The lowest BCUT2D eigenvalue weighted by molar-refractivity contribution is -0.141. The quantitative estimate of drug-likeness (QED) is 0.537. The Morgan fingerprint density at radius 3 is 2.45 bits per heavy atom. The van der Waals surface area contributed by atoms with Crippen LogP contribution in [0.4, 0.5) is 0 Å². The fourth-order valence-electron chi connectivity index (χ4n) is 3.28. The number of carbonyl (C=O) groups is 4. The second-order valence-corrected chi connectivity index (χ2v) is 5.43. The van der Waals surface area contributed by atoms with E-state index < -0.39 is 35.8 Å². The zero-order valence-corrected chi connectivity index (χ0v) is 11.3. The van der Waals surface area contributed by atoms with Crippen molar-refractivity contribution in [2.24, 2.45) is 5.73 Å². The molecule has 0 radical (unpaired) electrons. The normalized spacial score (nSPS) is 25.3. The Bertz CT molecular complexity index is 850. The molecule has 0 saturated carbocycles. The van der Waals surface area contributed by atoms with Gasteiger partial charge in [-0.1, -0.05) is 6.08 Å². The highest BCUT2D eigenvalue weighted by Gasteiger charge is 2.47. The summed E-state index contributed by atoms with van der Waals surface area (Å²) < 4.78 is 9.43. The van der Waals surface area contributed by atoms with Gasteiger partial charge in [0.25, 0.3) is 0 Å². The van der Waals surface area contributed by atoms with Gasteiger partial charge in [0.05, 0.1) is 16.7 Å². The monoisotopic (exact) mass is 299 g/mol. The lowest BCUT2D eigenvalue weighted by Gasteiger charge is -2.35. The summed E-state index contributed by atoms with van der Waals surface area (Å²) in [4.78, 5) is 48.0. The van der Waals surface area contributed by atoms with Crippen LogP contribution in [-0.4, -0.2) is 29.9 Å². The second-order valence-electron chi connectivity index (χ2n) is 5.43. The highest BCUT2D eigenvalue weighted by Crippen LogP contribution is 2.45. The zero-order chi connectivity index (χ0) is 15.8. The summed E-state index contributed by atoms with van der Waals surface area (Å²) in [6.07, 6.45) is 1.38. The Kier molecular flexibility index (Phi) is 2.28. The number of rotatable bonds is 0.